The van der Waals surface area contributed by atoms with Crippen molar-refractivity contribution < 1.29 is 4.74 Å². The monoisotopic (exact) mass is 376 g/mol. The van der Waals surface area contributed by atoms with Gasteiger partial charge in [-0.3, -0.25) is 0 Å². The molecule has 5 nitrogen and oxygen atoms in total. The fourth-order valence-corrected chi connectivity index (χ4v) is 2.68. The minimum Gasteiger partial charge on any atom is -0.451 e. The molecule has 126 valence electrons. The van der Waals surface area contributed by atoms with E-state index < -0.39 is 0 Å². The van der Waals surface area contributed by atoms with Crippen molar-refractivity contribution in [2.24, 2.45) is 0 Å². The van der Waals surface area contributed by atoms with E-state index in [2.05, 4.69) is 34.1 Å². The highest BCUT2D eigenvalue weighted by atomic mass is 35.5. The number of aromatic nitrogens is 2. The van der Waals surface area contributed by atoms with Crippen LogP contribution in [0.5, 0.6) is 11.5 Å². The summed E-state index contributed by atoms with van der Waals surface area (Å²) in [5, 5.41) is 8.18. The molecule has 1 aromatic heterocycles. The van der Waals surface area contributed by atoms with Crippen LogP contribution in [0.1, 0.15) is 6.42 Å². The first kappa shape index (κ1) is 19.8. The van der Waals surface area contributed by atoms with Gasteiger partial charge in [-0.05, 0) is 39.2 Å². The molecule has 2 heterocycles. The van der Waals surface area contributed by atoms with E-state index in [0.29, 0.717) is 10.9 Å². The van der Waals surface area contributed by atoms with Crippen molar-refractivity contribution >= 4 is 47.8 Å². The van der Waals surface area contributed by atoms with Crippen LogP contribution < -0.4 is 9.64 Å². The maximum atomic E-state index is 6.24. The first-order chi connectivity index (χ1) is 10.2. The van der Waals surface area contributed by atoms with Gasteiger partial charge in [-0.1, -0.05) is 23.7 Å². The second-order valence-electron chi connectivity index (χ2n) is 5.23. The van der Waals surface area contributed by atoms with Gasteiger partial charge in [0.25, 0.3) is 0 Å². The van der Waals surface area contributed by atoms with Gasteiger partial charge in [-0.2, -0.15) is 5.10 Å². The molecular formula is C15H19Cl3N4O. The Hall–Kier alpha value is -1.27. The average Bonchev–Trinajstić information content (AvgIpc) is 2.46. The fourth-order valence-electron chi connectivity index (χ4n) is 2.44. The molecule has 0 spiro atoms. The van der Waals surface area contributed by atoms with E-state index >= 15 is 0 Å². The molecular weight excluding hydrogens is 359 g/mol. The van der Waals surface area contributed by atoms with Gasteiger partial charge in [0.05, 0.1) is 11.9 Å². The molecule has 1 aliphatic rings. The van der Waals surface area contributed by atoms with Gasteiger partial charge in [0.15, 0.2) is 16.7 Å². The number of anilines is 2. The van der Waals surface area contributed by atoms with Crippen LogP contribution in [0.25, 0.3) is 0 Å². The Morgan fingerprint density at radius 1 is 1.17 bits per heavy atom. The zero-order chi connectivity index (χ0) is 14.8. The number of para-hydroxylation sites is 2. The number of nitrogens with zero attached hydrogens (tertiary/aromatic N) is 4. The summed E-state index contributed by atoms with van der Waals surface area (Å²) in [5.74, 6) is 1.47. The van der Waals surface area contributed by atoms with Crippen molar-refractivity contribution in [1.82, 2.24) is 15.1 Å². The number of fused-ring (bicyclic) bond motifs is 2. The Morgan fingerprint density at radius 2 is 1.91 bits per heavy atom. The number of benzene rings is 1. The second-order valence-corrected chi connectivity index (χ2v) is 5.58. The molecule has 0 amide bonds. The Balaban J connectivity index is 0.00000132. The smallest absolute Gasteiger partial charge is 0.179 e. The summed E-state index contributed by atoms with van der Waals surface area (Å²) in [4.78, 5) is 4.33. The molecule has 23 heavy (non-hydrogen) atoms. The lowest BCUT2D eigenvalue weighted by Gasteiger charge is -2.32. The highest BCUT2D eigenvalue weighted by Gasteiger charge is 2.27. The van der Waals surface area contributed by atoms with Crippen molar-refractivity contribution in [1.29, 1.82) is 0 Å². The van der Waals surface area contributed by atoms with Crippen LogP contribution in [0.4, 0.5) is 11.4 Å². The first-order valence-corrected chi connectivity index (χ1v) is 7.25. The van der Waals surface area contributed by atoms with Crippen LogP contribution in [-0.2, 0) is 0 Å². The lowest BCUT2D eigenvalue weighted by molar-refractivity contribution is 0.400. The normalized spacial score (nSPS) is 11.7. The average molecular weight is 378 g/mol. The standard InChI is InChI=1S/C15H17ClN4O.2ClH/c1-19(2)8-5-9-20-11-6-3-4-7-12(11)21-13-10-17-18-15(16)14(13)20;;/h3-4,6-7,10H,5,8-9H2,1-2H3;2*1H. The summed E-state index contributed by atoms with van der Waals surface area (Å²) in [6, 6.07) is 7.93. The molecule has 0 saturated heterocycles. The zero-order valence-electron chi connectivity index (χ0n) is 12.9. The SMILES string of the molecule is CN(C)CCCN1c2ccccc2Oc2cnnc(Cl)c21.Cl.Cl. The minimum atomic E-state index is 0. The maximum Gasteiger partial charge on any atom is 0.179 e. The fraction of sp³-hybridized carbons (Fsp3) is 0.333. The lowest BCUT2D eigenvalue weighted by atomic mass is 10.2. The van der Waals surface area contributed by atoms with Crippen molar-refractivity contribution in [3.63, 3.8) is 0 Å². The van der Waals surface area contributed by atoms with Gasteiger partial charge < -0.3 is 14.5 Å². The highest BCUT2D eigenvalue weighted by Crippen LogP contribution is 2.48. The van der Waals surface area contributed by atoms with E-state index in [4.69, 9.17) is 16.3 Å². The quantitative estimate of drug-likeness (QED) is 0.800. The molecule has 0 unspecified atom stereocenters. The minimum absolute atomic E-state index is 0. The summed E-state index contributed by atoms with van der Waals surface area (Å²) < 4.78 is 5.88. The molecule has 1 aliphatic heterocycles. The molecule has 2 aromatic rings. The zero-order valence-corrected chi connectivity index (χ0v) is 15.3. The number of hydrogen-bond acceptors (Lipinski definition) is 5. The third kappa shape index (κ3) is 4.18. The summed E-state index contributed by atoms with van der Waals surface area (Å²) >= 11 is 6.24. The summed E-state index contributed by atoms with van der Waals surface area (Å²) in [5.41, 5.74) is 1.81. The largest absolute Gasteiger partial charge is 0.451 e. The number of hydrogen-bond donors (Lipinski definition) is 0. The Bertz CT molecular complexity index is 654. The number of rotatable bonds is 4. The third-order valence-electron chi connectivity index (χ3n) is 3.38. The van der Waals surface area contributed by atoms with Crippen LogP contribution in [-0.4, -0.2) is 42.3 Å². The van der Waals surface area contributed by atoms with E-state index in [-0.39, 0.29) is 24.8 Å². The van der Waals surface area contributed by atoms with Gasteiger partial charge in [0.1, 0.15) is 5.69 Å². The van der Waals surface area contributed by atoms with E-state index in [1.165, 1.54) is 0 Å². The molecule has 0 fully saturated rings. The predicted octanol–water partition coefficient (Wildman–Crippen LogP) is 4.17. The van der Waals surface area contributed by atoms with Crippen LogP contribution >= 0.6 is 36.4 Å². The summed E-state index contributed by atoms with van der Waals surface area (Å²) in [7, 11) is 4.14. The molecule has 8 heteroatoms. The Kier molecular flexibility index (Phi) is 7.35. The van der Waals surface area contributed by atoms with Crippen molar-refractivity contribution in [2.75, 3.05) is 32.1 Å². The van der Waals surface area contributed by atoms with Crippen molar-refractivity contribution in [2.45, 2.75) is 6.42 Å². The molecule has 3 rings (SSSR count). The van der Waals surface area contributed by atoms with Gasteiger partial charge in [0, 0.05) is 6.54 Å². The Labute approximate surface area is 153 Å². The second kappa shape index (κ2) is 8.55. The van der Waals surface area contributed by atoms with E-state index in [1.54, 1.807) is 6.20 Å². The van der Waals surface area contributed by atoms with Crippen molar-refractivity contribution in [3.05, 3.63) is 35.6 Å². The van der Waals surface area contributed by atoms with Gasteiger partial charge in [0.2, 0.25) is 0 Å². The first-order valence-electron chi connectivity index (χ1n) is 6.87. The number of ether oxygens (including phenoxy) is 1. The topological polar surface area (TPSA) is 41.5 Å². The Morgan fingerprint density at radius 3 is 2.65 bits per heavy atom. The van der Waals surface area contributed by atoms with Gasteiger partial charge in [-0.25, -0.2) is 0 Å². The van der Waals surface area contributed by atoms with E-state index in [1.807, 2.05) is 24.3 Å². The molecule has 0 N–H and O–H groups in total. The van der Waals surface area contributed by atoms with Crippen LogP contribution in [0.3, 0.4) is 0 Å². The molecule has 1 aromatic carbocycles. The van der Waals surface area contributed by atoms with Crippen LogP contribution in [0.2, 0.25) is 5.15 Å². The van der Waals surface area contributed by atoms with Crippen LogP contribution in [0, 0.1) is 0 Å². The number of halogens is 3. The highest BCUT2D eigenvalue weighted by molar-refractivity contribution is 6.32. The maximum absolute atomic E-state index is 6.24. The molecule has 0 atom stereocenters. The van der Waals surface area contributed by atoms with Crippen molar-refractivity contribution in [3.8, 4) is 11.5 Å². The van der Waals surface area contributed by atoms with Gasteiger partial charge >= 0.3 is 0 Å². The predicted molar refractivity (Wildman–Crippen MR) is 98.2 cm³/mol. The summed E-state index contributed by atoms with van der Waals surface area (Å²) in [6.07, 6.45) is 2.62. The molecule has 0 saturated carbocycles. The van der Waals surface area contributed by atoms with E-state index in [9.17, 15) is 0 Å². The lowest BCUT2D eigenvalue weighted by Crippen LogP contribution is -2.26. The van der Waals surface area contributed by atoms with Crippen LogP contribution in [0.15, 0.2) is 30.5 Å². The molecule has 0 aliphatic carbocycles. The summed E-state index contributed by atoms with van der Waals surface area (Å²) in [6.45, 7) is 1.85. The van der Waals surface area contributed by atoms with Gasteiger partial charge in [-0.15, -0.1) is 29.9 Å². The third-order valence-corrected chi connectivity index (χ3v) is 3.64. The molecule has 0 radical (unpaired) electrons. The molecule has 0 bridgehead atoms. The van der Waals surface area contributed by atoms with E-state index in [0.717, 1.165) is 36.6 Å².